The van der Waals surface area contributed by atoms with E-state index in [0.29, 0.717) is 6.42 Å². The van der Waals surface area contributed by atoms with Crippen LogP contribution in [0.3, 0.4) is 0 Å². The Balaban J connectivity index is 1.62. The highest BCUT2D eigenvalue weighted by atomic mass is 32.2. The van der Waals surface area contributed by atoms with Crippen molar-refractivity contribution in [1.29, 1.82) is 0 Å². The standard InChI is InChI=1S/C13H18N4O3S/c18-13(14-10-5-8-21(19,20)9-10)11-3-4-12(16-15-11)17-6-1-2-7-17/h3-4,10H,1-2,5-9H2,(H,14,18)/t10-/m1/s1. The van der Waals surface area contributed by atoms with E-state index in [4.69, 9.17) is 0 Å². The molecule has 21 heavy (non-hydrogen) atoms. The molecular formula is C13H18N4O3S. The second-order valence-electron chi connectivity index (χ2n) is 5.54. The quantitative estimate of drug-likeness (QED) is 0.844. The summed E-state index contributed by atoms with van der Waals surface area (Å²) < 4.78 is 22.7. The Morgan fingerprint density at radius 1 is 1.24 bits per heavy atom. The smallest absolute Gasteiger partial charge is 0.272 e. The molecule has 2 aliphatic rings. The molecule has 0 aliphatic carbocycles. The summed E-state index contributed by atoms with van der Waals surface area (Å²) >= 11 is 0. The van der Waals surface area contributed by atoms with E-state index in [2.05, 4.69) is 20.4 Å². The van der Waals surface area contributed by atoms with Crippen LogP contribution in [-0.2, 0) is 9.84 Å². The molecule has 0 radical (unpaired) electrons. The lowest BCUT2D eigenvalue weighted by atomic mass is 10.2. The Bertz CT molecular complexity index is 623. The SMILES string of the molecule is O=C(N[C@@H]1CCS(=O)(=O)C1)c1ccc(N2CCCC2)nn1. The molecule has 7 nitrogen and oxygen atoms in total. The number of hydrogen-bond acceptors (Lipinski definition) is 6. The van der Waals surface area contributed by atoms with Crippen LogP contribution >= 0.6 is 0 Å². The molecule has 3 heterocycles. The number of carbonyl (C=O) groups excluding carboxylic acids is 1. The second kappa shape index (κ2) is 5.59. The third-order valence-corrected chi connectivity index (χ3v) is 5.65. The second-order valence-corrected chi connectivity index (χ2v) is 7.77. The zero-order valence-corrected chi connectivity index (χ0v) is 12.5. The summed E-state index contributed by atoms with van der Waals surface area (Å²) in [6.07, 6.45) is 2.77. The maximum Gasteiger partial charge on any atom is 0.272 e. The van der Waals surface area contributed by atoms with Gasteiger partial charge in [0, 0.05) is 19.1 Å². The zero-order valence-electron chi connectivity index (χ0n) is 11.7. The number of rotatable bonds is 3. The summed E-state index contributed by atoms with van der Waals surface area (Å²) in [4.78, 5) is 14.2. The molecule has 2 saturated heterocycles. The van der Waals surface area contributed by atoms with Crippen molar-refractivity contribution in [2.24, 2.45) is 0 Å². The molecule has 1 aromatic heterocycles. The van der Waals surface area contributed by atoms with Gasteiger partial charge < -0.3 is 10.2 Å². The van der Waals surface area contributed by atoms with Gasteiger partial charge in [0.15, 0.2) is 21.3 Å². The Morgan fingerprint density at radius 2 is 2.00 bits per heavy atom. The largest absolute Gasteiger partial charge is 0.355 e. The van der Waals surface area contributed by atoms with Crippen molar-refractivity contribution in [3.63, 3.8) is 0 Å². The summed E-state index contributed by atoms with van der Waals surface area (Å²) in [6.45, 7) is 1.94. The Kier molecular flexibility index (Phi) is 3.79. The van der Waals surface area contributed by atoms with Crippen LogP contribution in [0.5, 0.6) is 0 Å². The van der Waals surface area contributed by atoms with E-state index in [1.54, 1.807) is 12.1 Å². The minimum absolute atomic E-state index is 0.0119. The van der Waals surface area contributed by atoms with Gasteiger partial charge in [-0.2, -0.15) is 0 Å². The summed E-state index contributed by atoms with van der Waals surface area (Å²) in [7, 11) is -3.00. The van der Waals surface area contributed by atoms with Gasteiger partial charge >= 0.3 is 0 Å². The van der Waals surface area contributed by atoms with Crippen molar-refractivity contribution < 1.29 is 13.2 Å². The fourth-order valence-corrected chi connectivity index (χ4v) is 4.40. The molecule has 114 valence electrons. The predicted molar refractivity (Wildman–Crippen MR) is 78.0 cm³/mol. The molecular weight excluding hydrogens is 292 g/mol. The van der Waals surface area contributed by atoms with Crippen molar-refractivity contribution in [1.82, 2.24) is 15.5 Å². The minimum atomic E-state index is -3.00. The van der Waals surface area contributed by atoms with E-state index < -0.39 is 9.84 Å². The number of sulfone groups is 1. The lowest BCUT2D eigenvalue weighted by Gasteiger charge is -2.15. The van der Waals surface area contributed by atoms with E-state index >= 15 is 0 Å². The van der Waals surface area contributed by atoms with Crippen molar-refractivity contribution >= 4 is 21.6 Å². The highest BCUT2D eigenvalue weighted by Gasteiger charge is 2.29. The summed E-state index contributed by atoms with van der Waals surface area (Å²) in [5.41, 5.74) is 0.224. The maximum atomic E-state index is 12.0. The van der Waals surface area contributed by atoms with Gasteiger partial charge in [0.05, 0.1) is 11.5 Å². The average molecular weight is 310 g/mol. The van der Waals surface area contributed by atoms with E-state index in [1.807, 2.05) is 0 Å². The Hall–Kier alpha value is -1.70. The van der Waals surface area contributed by atoms with Gasteiger partial charge in [-0.15, -0.1) is 10.2 Å². The normalized spacial score (nSPS) is 24.2. The lowest BCUT2D eigenvalue weighted by molar-refractivity contribution is 0.0935. The first-order valence-corrected chi connectivity index (χ1v) is 8.96. The zero-order chi connectivity index (χ0) is 14.9. The molecule has 1 aromatic rings. The topological polar surface area (TPSA) is 92.3 Å². The number of nitrogens with one attached hydrogen (secondary N) is 1. The van der Waals surface area contributed by atoms with Crippen LogP contribution < -0.4 is 10.2 Å². The lowest BCUT2D eigenvalue weighted by Crippen LogP contribution is -2.36. The number of carbonyl (C=O) groups is 1. The number of amides is 1. The fraction of sp³-hybridized carbons (Fsp3) is 0.615. The van der Waals surface area contributed by atoms with E-state index in [1.165, 1.54) is 0 Å². The van der Waals surface area contributed by atoms with Crippen LogP contribution in [0.25, 0.3) is 0 Å². The van der Waals surface area contributed by atoms with Crippen molar-refractivity contribution in [3.8, 4) is 0 Å². The molecule has 1 N–H and O–H groups in total. The van der Waals surface area contributed by atoms with Gasteiger partial charge in [-0.25, -0.2) is 8.42 Å². The molecule has 1 atom stereocenters. The number of nitrogens with zero attached hydrogens (tertiary/aromatic N) is 3. The molecule has 2 aliphatic heterocycles. The molecule has 0 aromatic carbocycles. The number of hydrogen-bond donors (Lipinski definition) is 1. The van der Waals surface area contributed by atoms with Gasteiger partial charge in [0.1, 0.15) is 0 Å². The van der Waals surface area contributed by atoms with Crippen LogP contribution in [0.1, 0.15) is 29.8 Å². The first-order chi connectivity index (χ1) is 10.0. The molecule has 8 heteroatoms. The third kappa shape index (κ3) is 3.31. The van der Waals surface area contributed by atoms with Crippen LogP contribution in [-0.4, -0.2) is 55.2 Å². The first kappa shape index (κ1) is 14.2. The molecule has 0 spiro atoms. The van der Waals surface area contributed by atoms with Gasteiger partial charge in [-0.3, -0.25) is 4.79 Å². The highest BCUT2D eigenvalue weighted by molar-refractivity contribution is 7.91. The predicted octanol–water partition coefficient (Wildman–Crippen LogP) is -0.00630. The van der Waals surface area contributed by atoms with Crippen LogP contribution in [0, 0.1) is 0 Å². The van der Waals surface area contributed by atoms with E-state index in [9.17, 15) is 13.2 Å². The van der Waals surface area contributed by atoms with E-state index in [0.717, 1.165) is 31.7 Å². The first-order valence-electron chi connectivity index (χ1n) is 7.13. The number of aromatic nitrogens is 2. The van der Waals surface area contributed by atoms with Gasteiger partial charge in [0.25, 0.3) is 5.91 Å². The minimum Gasteiger partial charge on any atom is -0.355 e. The number of anilines is 1. The average Bonchev–Trinajstić information content (AvgIpc) is 3.09. The molecule has 0 unspecified atom stereocenters. The third-order valence-electron chi connectivity index (χ3n) is 3.88. The van der Waals surface area contributed by atoms with Gasteiger partial charge in [-0.1, -0.05) is 0 Å². The summed E-state index contributed by atoms with van der Waals surface area (Å²) in [5.74, 6) is 0.570. The van der Waals surface area contributed by atoms with Gasteiger partial charge in [0.2, 0.25) is 0 Å². The highest BCUT2D eigenvalue weighted by Crippen LogP contribution is 2.17. The van der Waals surface area contributed by atoms with Crippen molar-refractivity contribution in [2.45, 2.75) is 25.3 Å². The molecule has 1 amide bonds. The maximum absolute atomic E-state index is 12.0. The Labute approximate surface area is 123 Å². The summed E-state index contributed by atoms with van der Waals surface area (Å²) in [6, 6.07) is 3.11. The monoisotopic (exact) mass is 310 g/mol. The van der Waals surface area contributed by atoms with Crippen molar-refractivity contribution in [2.75, 3.05) is 29.5 Å². The molecule has 0 bridgehead atoms. The van der Waals surface area contributed by atoms with E-state index in [-0.39, 0.29) is 29.1 Å². The molecule has 0 saturated carbocycles. The molecule has 3 rings (SSSR count). The van der Waals surface area contributed by atoms with Crippen LogP contribution in [0.4, 0.5) is 5.82 Å². The summed E-state index contributed by atoms with van der Waals surface area (Å²) in [5, 5.41) is 10.7. The van der Waals surface area contributed by atoms with Crippen molar-refractivity contribution in [3.05, 3.63) is 17.8 Å². The van der Waals surface area contributed by atoms with Crippen LogP contribution in [0.15, 0.2) is 12.1 Å². The van der Waals surface area contributed by atoms with Gasteiger partial charge in [-0.05, 0) is 31.4 Å². The fourth-order valence-electron chi connectivity index (χ4n) is 2.73. The van der Waals surface area contributed by atoms with Crippen LogP contribution in [0.2, 0.25) is 0 Å². The molecule has 2 fully saturated rings. The Morgan fingerprint density at radius 3 is 2.57 bits per heavy atom.